The number of hydrogen-bond acceptors (Lipinski definition) is 2. The van der Waals surface area contributed by atoms with E-state index in [9.17, 15) is 4.39 Å². The fourth-order valence-corrected chi connectivity index (χ4v) is 2.86. The molecule has 0 radical (unpaired) electrons. The normalized spacial score (nSPS) is 12.6. The molecule has 18 heavy (non-hydrogen) atoms. The number of benzene rings is 1. The molecule has 0 bridgehead atoms. The van der Waals surface area contributed by atoms with Crippen LogP contribution in [0.2, 0.25) is 5.02 Å². The molecule has 0 aliphatic rings. The minimum Gasteiger partial charge on any atom is -0.306 e. The molecule has 2 aromatic rings. The standard InChI is InChI=1S/C14H15ClFNS/c1-2-7-17-14(10-6-8-18-9-10)13-11(15)4-3-5-12(13)16/h3-6,8-9,14,17H,2,7H2,1H3. The topological polar surface area (TPSA) is 12.0 Å². The molecule has 0 spiro atoms. The summed E-state index contributed by atoms with van der Waals surface area (Å²) in [6, 6.07) is 6.64. The van der Waals surface area contributed by atoms with Gasteiger partial charge in [-0.05, 0) is 47.5 Å². The summed E-state index contributed by atoms with van der Waals surface area (Å²) in [5.41, 5.74) is 1.59. The van der Waals surface area contributed by atoms with Crippen LogP contribution in [0.1, 0.15) is 30.5 Å². The van der Waals surface area contributed by atoms with Gasteiger partial charge in [0.15, 0.2) is 0 Å². The third kappa shape index (κ3) is 2.91. The lowest BCUT2D eigenvalue weighted by molar-refractivity contribution is 0.548. The first-order chi connectivity index (χ1) is 8.74. The summed E-state index contributed by atoms with van der Waals surface area (Å²) in [4.78, 5) is 0. The fourth-order valence-electron chi connectivity index (χ4n) is 1.90. The van der Waals surface area contributed by atoms with Crippen molar-refractivity contribution < 1.29 is 4.39 Å². The fraction of sp³-hybridized carbons (Fsp3) is 0.286. The van der Waals surface area contributed by atoms with Crippen LogP contribution in [0.5, 0.6) is 0 Å². The molecule has 2 rings (SSSR count). The van der Waals surface area contributed by atoms with Gasteiger partial charge in [-0.1, -0.05) is 24.6 Å². The molecule has 1 unspecified atom stereocenters. The monoisotopic (exact) mass is 283 g/mol. The smallest absolute Gasteiger partial charge is 0.129 e. The van der Waals surface area contributed by atoms with E-state index in [-0.39, 0.29) is 11.9 Å². The van der Waals surface area contributed by atoms with Crippen molar-refractivity contribution in [1.82, 2.24) is 5.32 Å². The van der Waals surface area contributed by atoms with Crippen LogP contribution in [0.15, 0.2) is 35.0 Å². The summed E-state index contributed by atoms with van der Waals surface area (Å²) in [6.07, 6.45) is 0.993. The molecule has 1 heterocycles. The van der Waals surface area contributed by atoms with E-state index in [0.717, 1.165) is 18.5 Å². The van der Waals surface area contributed by atoms with Crippen molar-refractivity contribution in [1.29, 1.82) is 0 Å². The predicted molar refractivity (Wildman–Crippen MR) is 75.9 cm³/mol. The third-order valence-corrected chi connectivity index (χ3v) is 3.79. The quantitative estimate of drug-likeness (QED) is 0.844. The Balaban J connectivity index is 2.40. The van der Waals surface area contributed by atoms with Crippen LogP contribution in [0.25, 0.3) is 0 Å². The Morgan fingerprint density at radius 3 is 2.83 bits per heavy atom. The van der Waals surface area contributed by atoms with Crippen LogP contribution in [0.4, 0.5) is 4.39 Å². The van der Waals surface area contributed by atoms with Crippen molar-refractivity contribution in [2.24, 2.45) is 0 Å². The first kappa shape index (κ1) is 13.5. The van der Waals surface area contributed by atoms with Gasteiger partial charge < -0.3 is 5.32 Å². The van der Waals surface area contributed by atoms with Gasteiger partial charge in [0.05, 0.1) is 6.04 Å². The molecule has 0 aliphatic carbocycles. The van der Waals surface area contributed by atoms with E-state index >= 15 is 0 Å². The van der Waals surface area contributed by atoms with Gasteiger partial charge in [0, 0.05) is 10.6 Å². The highest BCUT2D eigenvalue weighted by Gasteiger charge is 2.20. The highest BCUT2D eigenvalue weighted by molar-refractivity contribution is 7.08. The van der Waals surface area contributed by atoms with Gasteiger partial charge in [0.2, 0.25) is 0 Å². The zero-order valence-corrected chi connectivity index (χ0v) is 11.7. The minimum atomic E-state index is -0.262. The van der Waals surface area contributed by atoms with Crippen molar-refractivity contribution in [3.8, 4) is 0 Å². The Labute approximate surface area is 116 Å². The zero-order valence-electron chi connectivity index (χ0n) is 10.1. The lowest BCUT2D eigenvalue weighted by Gasteiger charge is -2.20. The first-order valence-electron chi connectivity index (χ1n) is 5.93. The molecular formula is C14H15ClFNS. The molecule has 4 heteroatoms. The van der Waals surface area contributed by atoms with Crippen LogP contribution in [0, 0.1) is 5.82 Å². The highest BCUT2D eigenvalue weighted by atomic mass is 35.5. The Bertz CT molecular complexity index is 478. The van der Waals surface area contributed by atoms with E-state index in [0.29, 0.717) is 10.6 Å². The summed E-state index contributed by atoms with van der Waals surface area (Å²) >= 11 is 7.75. The van der Waals surface area contributed by atoms with Gasteiger partial charge in [-0.15, -0.1) is 0 Å². The van der Waals surface area contributed by atoms with E-state index < -0.39 is 0 Å². The molecule has 1 aromatic carbocycles. The lowest BCUT2D eigenvalue weighted by atomic mass is 10.0. The van der Waals surface area contributed by atoms with E-state index in [4.69, 9.17) is 11.6 Å². The summed E-state index contributed by atoms with van der Waals surface area (Å²) in [5.74, 6) is -0.262. The minimum absolute atomic E-state index is 0.176. The average molecular weight is 284 g/mol. The van der Waals surface area contributed by atoms with E-state index in [1.165, 1.54) is 6.07 Å². The van der Waals surface area contributed by atoms with Crippen LogP contribution in [-0.4, -0.2) is 6.54 Å². The maximum absolute atomic E-state index is 14.0. The maximum Gasteiger partial charge on any atom is 0.129 e. The van der Waals surface area contributed by atoms with Crippen molar-refractivity contribution >= 4 is 22.9 Å². The molecule has 0 aliphatic heterocycles. The number of rotatable bonds is 5. The molecule has 96 valence electrons. The van der Waals surface area contributed by atoms with Gasteiger partial charge >= 0.3 is 0 Å². The SMILES string of the molecule is CCCNC(c1ccsc1)c1c(F)cccc1Cl. The van der Waals surface area contributed by atoms with Crippen molar-refractivity contribution in [2.45, 2.75) is 19.4 Å². The van der Waals surface area contributed by atoms with E-state index in [2.05, 4.69) is 12.2 Å². The number of hydrogen-bond donors (Lipinski definition) is 1. The molecule has 1 atom stereocenters. The van der Waals surface area contributed by atoms with Crippen molar-refractivity contribution in [3.05, 3.63) is 57.0 Å². The second-order valence-electron chi connectivity index (χ2n) is 4.08. The summed E-state index contributed by atoms with van der Waals surface area (Å²) in [6.45, 7) is 2.91. The first-order valence-corrected chi connectivity index (χ1v) is 7.25. The molecule has 1 N–H and O–H groups in total. The highest BCUT2D eigenvalue weighted by Crippen LogP contribution is 2.31. The van der Waals surface area contributed by atoms with E-state index in [1.807, 2.05) is 16.8 Å². The Morgan fingerprint density at radius 1 is 1.39 bits per heavy atom. The maximum atomic E-state index is 14.0. The van der Waals surface area contributed by atoms with Gasteiger partial charge in [0.25, 0.3) is 0 Å². The van der Waals surface area contributed by atoms with Gasteiger partial charge in [-0.3, -0.25) is 0 Å². The summed E-state index contributed by atoms with van der Waals surface area (Å²) in [7, 11) is 0. The van der Waals surface area contributed by atoms with Gasteiger partial charge in [0.1, 0.15) is 5.82 Å². The van der Waals surface area contributed by atoms with Crippen LogP contribution >= 0.6 is 22.9 Å². The van der Waals surface area contributed by atoms with Crippen molar-refractivity contribution in [3.63, 3.8) is 0 Å². The van der Waals surface area contributed by atoms with Gasteiger partial charge in [-0.2, -0.15) is 11.3 Å². The van der Waals surface area contributed by atoms with Gasteiger partial charge in [-0.25, -0.2) is 4.39 Å². The van der Waals surface area contributed by atoms with Crippen LogP contribution in [-0.2, 0) is 0 Å². The molecule has 0 fully saturated rings. The van der Waals surface area contributed by atoms with Crippen LogP contribution in [0.3, 0.4) is 0 Å². The van der Waals surface area contributed by atoms with E-state index in [1.54, 1.807) is 23.5 Å². The third-order valence-electron chi connectivity index (χ3n) is 2.76. The lowest BCUT2D eigenvalue weighted by Crippen LogP contribution is -2.24. The number of thiophene rings is 1. The second-order valence-corrected chi connectivity index (χ2v) is 5.27. The summed E-state index contributed by atoms with van der Waals surface area (Å²) < 4.78 is 14.0. The average Bonchev–Trinajstić information content (AvgIpc) is 2.86. The second kappa shape index (κ2) is 6.32. The van der Waals surface area contributed by atoms with Crippen molar-refractivity contribution in [2.75, 3.05) is 6.54 Å². The molecule has 1 nitrogen and oxygen atoms in total. The predicted octanol–water partition coefficient (Wildman–Crippen LogP) is 4.63. The molecule has 0 saturated heterocycles. The Morgan fingerprint density at radius 2 is 2.22 bits per heavy atom. The number of halogens is 2. The Kier molecular flexibility index (Phi) is 4.75. The number of nitrogens with one attached hydrogen (secondary N) is 1. The largest absolute Gasteiger partial charge is 0.306 e. The molecule has 1 aromatic heterocycles. The molecule has 0 amide bonds. The summed E-state index contributed by atoms with van der Waals surface area (Å²) in [5, 5.41) is 7.83. The molecular weight excluding hydrogens is 269 g/mol. The Hall–Kier alpha value is -0.900. The zero-order chi connectivity index (χ0) is 13.0. The van der Waals surface area contributed by atoms with Crippen LogP contribution < -0.4 is 5.32 Å². The molecule has 0 saturated carbocycles.